The molecule has 1 fully saturated rings. The molecular formula is C11H14ClN3O2. The van der Waals surface area contributed by atoms with Gasteiger partial charge in [-0.15, -0.1) is 0 Å². The van der Waals surface area contributed by atoms with Crippen LogP contribution in [0.2, 0.25) is 5.02 Å². The van der Waals surface area contributed by atoms with Gasteiger partial charge in [0.1, 0.15) is 5.69 Å². The lowest BCUT2D eigenvalue weighted by molar-refractivity contribution is -0.384. The first-order valence-corrected chi connectivity index (χ1v) is 5.96. The second-order valence-corrected chi connectivity index (χ2v) is 4.54. The van der Waals surface area contributed by atoms with Crippen LogP contribution in [0.15, 0.2) is 18.2 Å². The largest absolute Gasteiger partial charge is 0.375 e. The standard InChI is InChI=1S/C11H14ClN3O2/c12-8-3-4-10(11(6-8)15(16)17)14-9-2-1-5-13-7-9/h3-4,6,9,13-14H,1-2,5,7H2. The van der Waals surface area contributed by atoms with E-state index in [1.165, 1.54) is 6.07 Å². The van der Waals surface area contributed by atoms with Gasteiger partial charge in [-0.2, -0.15) is 0 Å². The van der Waals surface area contributed by atoms with Crippen molar-refractivity contribution in [3.05, 3.63) is 33.3 Å². The van der Waals surface area contributed by atoms with Crippen LogP contribution in [0.3, 0.4) is 0 Å². The molecule has 0 amide bonds. The molecule has 1 aliphatic heterocycles. The Hall–Kier alpha value is -1.33. The molecule has 17 heavy (non-hydrogen) atoms. The molecule has 1 aromatic rings. The molecule has 0 aromatic heterocycles. The van der Waals surface area contributed by atoms with Gasteiger partial charge in [0.15, 0.2) is 0 Å². The summed E-state index contributed by atoms with van der Waals surface area (Å²) in [4.78, 5) is 10.5. The van der Waals surface area contributed by atoms with Gasteiger partial charge in [-0.25, -0.2) is 0 Å². The van der Waals surface area contributed by atoms with Crippen molar-refractivity contribution in [3.8, 4) is 0 Å². The summed E-state index contributed by atoms with van der Waals surface area (Å²) in [5, 5.41) is 17.7. The van der Waals surface area contributed by atoms with Gasteiger partial charge in [-0.05, 0) is 31.5 Å². The van der Waals surface area contributed by atoms with Crippen molar-refractivity contribution >= 4 is 23.0 Å². The highest BCUT2D eigenvalue weighted by Crippen LogP contribution is 2.28. The molecule has 0 spiro atoms. The van der Waals surface area contributed by atoms with E-state index in [2.05, 4.69) is 10.6 Å². The predicted molar refractivity (Wildman–Crippen MR) is 67.6 cm³/mol. The van der Waals surface area contributed by atoms with Gasteiger partial charge in [-0.1, -0.05) is 11.6 Å². The van der Waals surface area contributed by atoms with E-state index in [4.69, 9.17) is 11.6 Å². The van der Waals surface area contributed by atoms with Gasteiger partial charge in [0, 0.05) is 23.7 Å². The van der Waals surface area contributed by atoms with Gasteiger partial charge < -0.3 is 10.6 Å². The second kappa shape index (κ2) is 5.33. The number of halogens is 1. The average molecular weight is 256 g/mol. The number of nitrogens with one attached hydrogen (secondary N) is 2. The van der Waals surface area contributed by atoms with Gasteiger partial charge in [0.2, 0.25) is 0 Å². The fourth-order valence-corrected chi connectivity index (χ4v) is 2.14. The summed E-state index contributed by atoms with van der Waals surface area (Å²) in [7, 11) is 0. The Morgan fingerprint density at radius 3 is 3.00 bits per heavy atom. The summed E-state index contributed by atoms with van der Waals surface area (Å²) in [6.45, 7) is 1.85. The third kappa shape index (κ3) is 3.08. The Morgan fingerprint density at radius 2 is 2.35 bits per heavy atom. The number of benzene rings is 1. The van der Waals surface area contributed by atoms with Gasteiger partial charge in [0.05, 0.1) is 4.92 Å². The van der Waals surface area contributed by atoms with Gasteiger partial charge in [-0.3, -0.25) is 10.1 Å². The minimum atomic E-state index is -0.412. The molecule has 0 radical (unpaired) electrons. The fourth-order valence-electron chi connectivity index (χ4n) is 1.97. The Labute approximate surface area is 104 Å². The second-order valence-electron chi connectivity index (χ2n) is 4.11. The van der Waals surface area contributed by atoms with E-state index in [0.29, 0.717) is 10.7 Å². The third-order valence-corrected chi connectivity index (χ3v) is 3.05. The highest BCUT2D eigenvalue weighted by atomic mass is 35.5. The molecule has 1 aromatic carbocycles. The number of piperidine rings is 1. The van der Waals surface area contributed by atoms with Crippen molar-refractivity contribution in [2.75, 3.05) is 18.4 Å². The number of hydrogen-bond donors (Lipinski definition) is 2. The molecule has 0 aliphatic carbocycles. The monoisotopic (exact) mass is 255 g/mol. The minimum absolute atomic E-state index is 0.0306. The van der Waals surface area contributed by atoms with Crippen LogP contribution in [-0.2, 0) is 0 Å². The molecule has 2 N–H and O–H groups in total. The summed E-state index contributed by atoms with van der Waals surface area (Å²) >= 11 is 5.76. The summed E-state index contributed by atoms with van der Waals surface area (Å²) in [5.74, 6) is 0. The molecule has 6 heteroatoms. The van der Waals surface area contributed by atoms with Crippen LogP contribution in [0.4, 0.5) is 11.4 Å². The molecule has 1 saturated heterocycles. The highest BCUT2D eigenvalue weighted by molar-refractivity contribution is 6.30. The SMILES string of the molecule is O=[N+]([O-])c1cc(Cl)ccc1NC1CCCNC1. The topological polar surface area (TPSA) is 67.2 Å². The number of hydrogen-bond acceptors (Lipinski definition) is 4. The van der Waals surface area contributed by atoms with E-state index in [9.17, 15) is 10.1 Å². The zero-order chi connectivity index (χ0) is 12.3. The van der Waals surface area contributed by atoms with E-state index < -0.39 is 4.92 Å². The Balaban J connectivity index is 2.16. The Morgan fingerprint density at radius 1 is 1.53 bits per heavy atom. The first-order chi connectivity index (χ1) is 8.16. The van der Waals surface area contributed by atoms with Crippen molar-refractivity contribution in [1.29, 1.82) is 0 Å². The third-order valence-electron chi connectivity index (χ3n) is 2.81. The number of rotatable bonds is 3. The summed E-state index contributed by atoms with van der Waals surface area (Å²) in [6, 6.07) is 4.94. The van der Waals surface area contributed by atoms with E-state index in [1.54, 1.807) is 12.1 Å². The maximum absolute atomic E-state index is 10.9. The maximum Gasteiger partial charge on any atom is 0.293 e. The first kappa shape index (κ1) is 12.1. The van der Waals surface area contributed by atoms with E-state index in [1.807, 2.05) is 0 Å². The lowest BCUT2D eigenvalue weighted by atomic mass is 10.1. The molecule has 0 saturated carbocycles. The zero-order valence-corrected chi connectivity index (χ0v) is 10.0. The number of nitrogens with zero attached hydrogens (tertiary/aromatic N) is 1. The average Bonchev–Trinajstić information content (AvgIpc) is 2.32. The number of anilines is 1. The van der Waals surface area contributed by atoms with Crippen LogP contribution in [0.25, 0.3) is 0 Å². The van der Waals surface area contributed by atoms with E-state index in [0.717, 1.165) is 25.9 Å². The minimum Gasteiger partial charge on any atom is -0.375 e. The molecule has 1 atom stereocenters. The molecule has 1 aliphatic rings. The first-order valence-electron chi connectivity index (χ1n) is 5.58. The van der Waals surface area contributed by atoms with Crippen molar-refractivity contribution < 1.29 is 4.92 Å². The van der Waals surface area contributed by atoms with Crippen molar-refractivity contribution in [2.45, 2.75) is 18.9 Å². The number of nitro benzene ring substituents is 1. The smallest absolute Gasteiger partial charge is 0.293 e. The lowest BCUT2D eigenvalue weighted by Crippen LogP contribution is -2.38. The van der Waals surface area contributed by atoms with Crippen LogP contribution >= 0.6 is 11.6 Å². The molecule has 2 rings (SSSR count). The summed E-state index contributed by atoms with van der Waals surface area (Å²) < 4.78 is 0. The predicted octanol–water partition coefficient (Wildman–Crippen LogP) is 2.41. The number of nitro groups is 1. The summed E-state index contributed by atoms with van der Waals surface area (Å²) in [5.41, 5.74) is 0.566. The maximum atomic E-state index is 10.9. The zero-order valence-electron chi connectivity index (χ0n) is 9.28. The molecule has 5 nitrogen and oxygen atoms in total. The Bertz CT molecular complexity index is 419. The molecule has 1 heterocycles. The van der Waals surface area contributed by atoms with E-state index in [-0.39, 0.29) is 11.7 Å². The summed E-state index contributed by atoms with van der Waals surface area (Å²) in [6.07, 6.45) is 2.10. The van der Waals surface area contributed by atoms with Gasteiger partial charge >= 0.3 is 0 Å². The van der Waals surface area contributed by atoms with Crippen LogP contribution in [0.1, 0.15) is 12.8 Å². The van der Waals surface area contributed by atoms with Crippen molar-refractivity contribution in [2.24, 2.45) is 0 Å². The van der Waals surface area contributed by atoms with E-state index >= 15 is 0 Å². The highest BCUT2D eigenvalue weighted by Gasteiger charge is 2.19. The van der Waals surface area contributed by atoms with Crippen molar-refractivity contribution in [1.82, 2.24) is 5.32 Å². The molecule has 92 valence electrons. The molecule has 1 unspecified atom stereocenters. The van der Waals surface area contributed by atoms with Crippen LogP contribution < -0.4 is 10.6 Å². The van der Waals surface area contributed by atoms with Gasteiger partial charge in [0.25, 0.3) is 5.69 Å². The molecule has 0 bridgehead atoms. The van der Waals surface area contributed by atoms with Crippen LogP contribution in [0.5, 0.6) is 0 Å². The quantitative estimate of drug-likeness (QED) is 0.643. The Kier molecular flexibility index (Phi) is 3.81. The normalized spacial score (nSPS) is 19.9. The van der Waals surface area contributed by atoms with Crippen LogP contribution in [-0.4, -0.2) is 24.1 Å². The lowest BCUT2D eigenvalue weighted by Gasteiger charge is -2.24. The van der Waals surface area contributed by atoms with Crippen LogP contribution in [0, 0.1) is 10.1 Å². The molecular weight excluding hydrogens is 242 g/mol. The fraction of sp³-hybridized carbons (Fsp3) is 0.455. The van der Waals surface area contributed by atoms with Crippen molar-refractivity contribution in [3.63, 3.8) is 0 Å².